The van der Waals surface area contributed by atoms with Crippen LogP contribution >= 0.6 is 35.1 Å². The monoisotopic (exact) mass is 385 g/mol. The van der Waals surface area contributed by atoms with Crippen LogP contribution < -0.4 is 5.32 Å². The predicted molar refractivity (Wildman–Crippen MR) is 101 cm³/mol. The van der Waals surface area contributed by atoms with Crippen molar-refractivity contribution in [1.82, 2.24) is 0 Å². The molecule has 1 aliphatic heterocycles. The number of anilines is 1. The SMILES string of the molecule is O=C(Nc1ccc(Cl)cc1F)C1C[C@H]2CCC[C@@H](C1)C21SCCS1. The molecule has 1 N–H and O–H groups in total. The van der Waals surface area contributed by atoms with E-state index in [9.17, 15) is 9.18 Å². The van der Waals surface area contributed by atoms with E-state index < -0.39 is 5.82 Å². The van der Waals surface area contributed by atoms with Crippen LogP contribution in [0.1, 0.15) is 32.1 Å². The zero-order valence-corrected chi connectivity index (χ0v) is 15.8. The number of carbonyl (C=O) groups is 1. The van der Waals surface area contributed by atoms with Gasteiger partial charge in [-0.2, -0.15) is 0 Å². The van der Waals surface area contributed by atoms with Crippen molar-refractivity contribution in [2.75, 3.05) is 16.8 Å². The van der Waals surface area contributed by atoms with Gasteiger partial charge in [0, 0.05) is 22.4 Å². The van der Waals surface area contributed by atoms with Crippen LogP contribution in [0, 0.1) is 23.6 Å². The fourth-order valence-electron chi connectivity index (χ4n) is 4.65. The molecule has 0 aromatic heterocycles. The first-order valence-electron chi connectivity index (χ1n) is 8.62. The number of nitrogens with one attached hydrogen (secondary N) is 1. The summed E-state index contributed by atoms with van der Waals surface area (Å²) in [5.74, 6) is 3.22. The molecule has 1 heterocycles. The van der Waals surface area contributed by atoms with Crippen molar-refractivity contribution in [3.8, 4) is 0 Å². The number of thioether (sulfide) groups is 2. The number of benzene rings is 1. The summed E-state index contributed by atoms with van der Waals surface area (Å²) >= 11 is 10.1. The smallest absolute Gasteiger partial charge is 0.227 e. The lowest BCUT2D eigenvalue weighted by molar-refractivity contribution is -0.122. The molecule has 1 saturated heterocycles. The molecule has 2 bridgehead atoms. The van der Waals surface area contributed by atoms with E-state index in [1.807, 2.05) is 0 Å². The Morgan fingerprint density at radius 2 is 1.88 bits per heavy atom. The number of rotatable bonds is 2. The molecule has 1 aromatic rings. The minimum absolute atomic E-state index is 0.00260. The maximum Gasteiger partial charge on any atom is 0.227 e. The van der Waals surface area contributed by atoms with Crippen LogP contribution in [0.15, 0.2) is 18.2 Å². The number of carbonyl (C=O) groups excluding carboxylic acids is 1. The molecule has 2 saturated carbocycles. The van der Waals surface area contributed by atoms with Crippen LogP contribution in [0.5, 0.6) is 0 Å². The summed E-state index contributed by atoms with van der Waals surface area (Å²) < 4.78 is 14.3. The number of amides is 1. The maximum atomic E-state index is 13.9. The fourth-order valence-corrected chi connectivity index (χ4v) is 8.74. The van der Waals surface area contributed by atoms with Gasteiger partial charge in [0.2, 0.25) is 5.91 Å². The third kappa shape index (κ3) is 2.97. The van der Waals surface area contributed by atoms with Gasteiger partial charge in [0.25, 0.3) is 0 Å². The molecule has 3 fully saturated rings. The molecule has 1 spiro atoms. The van der Waals surface area contributed by atoms with Crippen molar-refractivity contribution < 1.29 is 9.18 Å². The molecule has 1 amide bonds. The van der Waals surface area contributed by atoms with Gasteiger partial charge in [-0.3, -0.25) is 4.79 Å². The zero-order valence-electron chi connectivity index (χ0n) is 13.4. The first-order chi connectivity index (χ1) is 11.6. The first-order valence-corrected chi connectivity index (χ1v) is 11.0. The Hall–Kier alpha value is -0.390. The standard InChI is InChI=1S/C18H21ClFNOS2/c19-14-4-5-16(15(20)10-14)21-17(22)11-8-12-2-1-3-13(9-11)18(12)23-6-7-24-18/h4-5,10-13H,1-3,6-9H2,(H,21,22)/t11?,12-,13+. The van der Waals surface area contributed by atoms with Gasteiger partial charge in [-0.25, -0.2) is 4.39 Å². The molecule has 3 atom stereocenters. The van der Waals surface area contributed by atoms with Crippen LogP contribution in [0.4, 0.5) is 10.1 Å². The van der Waals surface area contributed by atoms with Crippen molar-refractivity contribution in [2.24, 2.45) is 17.8 Å². The Bertz CT molecular complexity index is 634. The first kappa shape index (κ1) is 17.0. The highest BCUT2D eigenvalue weighted by atomic mass is 35.5. The molecule has 1 aromatic carbocycles. The summed E-state index contributed by atoms with van der Waals surface area (Å²) in [6, 6.07) is 4.40. The van der Waals surface area contributed by atoms with Gasteiger partial charge in [-0.15, -0.1) is 23.5 Å². The van der Waals surface area contributed by atoms with E-state index in [0.717, 1.165) is 12.8 Å². The Kier molecular flexibility index (Phi) is 4.78. The highest BCUT2D eigenvalue weighted by Gasteiger charge is 2.55. The van der Waals surface area contributed by atoms with Crippen molar-refractivity contribution in [1.29, 1.82) is 0 Å². The summed E-state index contributed by atoms with van der Waals surface area (Å²) in [6.45, 7) is 0. The molecule has 4 rings (SSSR count). The predicted octanol–water partition coefficient (Wildman–Crippen LogP) is 5.42. The topological polar surface area (TPSA) is 29.1 Å². The Morgan fingerprint density at radius 1 is 1.21 bits per heavy atom. The lowest BCUT2D eigenvalue weighted by Crippen LogP contribution is -2.48. The molecule has 2 aliphatic carbocycles. The lowest BCUT2D eigenvalue weighted by Gasteiger charge is -2.52. The number of halogens is 2. The highest BCUT2D eigenvalue weighted by molar-refractivity contribution is 8.21. The van der Waals surface area contributed by atoms with Gasteiger partial charge in [0.1, 0.15) is 5.82 Å². The van der Waals surface area contributed by atoms with Crippen molar-refractivity contribution >= 4 is 46.7 Å². The number of hydrogen-bond acceptors (Lipinski definition) is 3. The fraction of sp³-hybridized carbons (Fsp3) is 0.611. The normalized spacial score (nSPS) is 31.2. The molecule has 24 heavy (non-hydrogen) atoms. The zero-order chi connectivity index (χ0) is 16.7. The van der Waals surface area contributed by atoms with E-state index in [1.165, 1.54) is 36.8 Å². The van der Waals surface area contributed by atoms with E-state index in [0.29, 0.717) is 20.9 Å². The Balaban J connectivity index is 1.48. The maximum absolute atomic E-state index is 13.9. The molecular weight excluding hydrogens is 365 g/mol. The average Bonchev–Trinajstić information content (AvgIpc) is 2.99. The molecule has 6 heteroatoms. The minimum atomic E-state index is -0.467. The van der Waals surface area contributed by atoms with Crippen LogP contribution in [0.25, 0.3) is 0 Å². The van der Waals surface area contributed by atoms with Crippen LogP contribution in [-0.2, 0) is 4.79 Å². The van der Waals surface area contributed by atoms with E-state index >= 15 is 0 Å². The van der Waals surface area contributed by atoms with Gasteiger partial charge < -0.3 is 5.32 Å². The Labute approximate surface area is 155 Å². The van der Waals surface area contributed by atoms with E-state index in [1.54, 1.807) is 12.1 Å². The van der Waals surface area contributed by atoms with Crippen LogP contribution in [-0.4, -0.2) is 21.5 Å². The molecule has 2 nitrogen and oxygen atoms in total. The van der Waals surface area contributed by atoms with Gasteiger partial charge in [-0.1, -0.05) is 18.0 Å². The van der Waals surface area contributed by atoms with Gasteiger partial charge >= 0.3 is 0 Å². The summed E-state index contributed by atoms with van der Waals surface area (Å²) in [4.78, 5) is 12.7. The van der Waals surface area contributed by atoms with Crippen molar-refractivity contribution in [2.45, 2.75) is 36.2 Å². The summed E-state index contributed by atoms with van der Waals surface area (Å²) in [5, 5.41) is 3.13. The van der Waals surface area contributed by atoms with Gasteiger partial charge in [0.05, 0.1) is 9.77 Å². The second-order valence-corrected chi connectivity index (χ2v) is 10.5. The molecule has 0 radical (unpaired) electrons. The van der Waals surface area contributed by atoms with Crippen LogP contribution in [0.3, 0.4) is 0 Å². The van der Waals surface area contributed by atoms with E-state index in [4.69, 9.17) is 11.6 Å². The third-order valence-electron chi connectivity index (χ3n) is 5.68. The second-order valence-electron chi connectivity index (χ2n) is 7.02. The minimum Gasteiger partial charge on any atom is -0.323 e. The van der Waals surface area contributed by atoms with E-state index in [2.05, 4.69) is 28.8 Å². The number of hydrogen-bond donors (Lipinski definition) is 1. The molecular formula is C18H21ClFNOS2. The van der Waals surface area contributed by atoms with Crippen molar-refractivity contribution in [3.63, 3.8) is 0 Å². The summed E-state index contributed by atoms with van der Waals surface area (Å²) in [6.07, 6.45) is 5.64. The third-order valence-corrected chi connectivity index (χ3v) is 9.93. The second kappa shape index (κ2) is 6.73. The summed E-state index contributed by atoms with van der Waals surface area (Å²) in [5.41, 5.74) is 0.236. The lowest BCUT2D eigenvalue weighted by atomic mass is 9.67. The van der Waals surface area contributed by atoms with Gasteiger partial charge in [-0.05, 0) is 55.7 Å². The molecule has 1 unspecified atom stereocenters. The van der Waals surface area contributed by atoms with Crippen molar-refractivity contribution in [3.05, 3.63) is 29.0 Å². The molecule has 130 valence electrons. The average molecular weight is 386 g/mol. The molecule has 3 aliphatic rings. The Morgan fingerprint density at radius 3 is 2.50 bits per heavy atom. The van der Waals surface area contributed by atoms with E-state index in [-0.39, 0.29) is 17.5 Å². The largest absolute Gasteiger partial charge is 0.323 e. The van der Waals surface area contributed by atoms with Gasteiger partial charge in [0.15, 0.2) is 0 Å². The summed E-state index contributed by atoms with van der Waals surface area (Å²) in [7, 11) is 0. The van der Waals surface area contributed by atoms with Crippen LogP contribution in [0.2, 0.25) is 5.02 Å². The highest BCUT2D eigenvalue weighted by Crippen LogP contribution is 2.64. The quantitative estimate of drug-likeness (QED) is 0.736.